The van der Waals surface area contributed by atoms with Crippen LogP contribution in [0.4, 0.5) is 18.9 Å². The number of benzene rings is 1. The molecule has 0 bridgehead atoms. The Morgan fingerprint density at radius 2 is 2.06 bits per heavy atom. The molecule has 0 aliphatic rings. The Kier molecular flexibility index (Phi) is 4.61. The minimum absolute atomic E-state index is 0.0681. The first kappa shape index (κ1) is 14.8. The minimum atomic E-state index is -4.41. The lowest BCUT2D eigenvalue weighted by molar-refractivity contribution is -0.153. The molecule has 18 heavy (non-hydrogen) atoms. The van der Waals surface area contributed by atoms with Gasteiger partial charge in [0.25, 0.3) is 0 Å². The predicted molar refractivity (Wildman–Crippen MR) is 64.7 cm³/mol. The number of ether oxygens (including phenoxy) is 1. The molecule has 0 radical (unpaired) electrons. The van der Waals surface area contributed by atoms with Gasteiger partial charge in [-0.05, 0) is 35.0 Å². The second-order valence-electron chi connectivity index (χ2n) is 3.63. The molecular weight excluding hydrogens is 315 g/mol. The minimum Gasteiger partial charge on any atom is -0.483 e. The van der Waals surface area contributed by atoms with Gasteiger partial charge in [0.1, 0.15) is 5.75 Å². The zero-order valence-electron chi connectivity index (χ0n) is 9.69. The molecule has 0 atom stereocenters. The fourth-order valence-electron chi connectivity index (χ4n) is 1.31. The molecule has 0 heterocycles. The molecule has 1 amide bonds. The summed E-state index contributed by atoms with van der Waals surface area (Å²) in [6, 6.07) is 3.10. The van der Waals surface area contributed by atoms with E-state index in [-0.39, 0.29) is 11.7 Å². The van der Waals surface area contributed by atoms with E-state index in [0.29, 0.717) is 15.7 Å². The first-order valence-electron chi connectivity index (χ1n) is 4.97. The lowest BCUT2D eigenvalue weighted by atomic mass is 10.2. The van der Waals surface area contributed by atoms with Gasteiger partial charge in [-0.15, -0.1) is 0 Å². The average Bonchev–Trinajstić information content (AvgIpc) is 2.20. The molecule has 1 aromatic rings. The van der Waals surface area contributed by atoms with Gasteiger partial charge in [0.05, 0.1) is 4.47 Å². The van der Waals surface area contributed by atoms with Gasteiger partial charge < -0.3 is 10.1 Å². The molecule has 0 saturated heterocycles. The van der Waals surface area contributed by atoms with Gasteiger partial charge in [-0.2, -0.15) is 13.2 Å². The lowest BCUT2D eigenvalue weighted by Gasteiger charge is -2.15. The van der Waals surface area contributed by atoms with E-state index in [9.17, 15) is 18.0 Å². The van der Waals surface area contributed by atoms with Crippen LogP contribution in [0.1, 0.15) is 12.5 Å². The van der Waals surface area contributed by atoms with Crippen LogP contribution in [0.5, 0.6) is 5.75 Å². The number of carbonyl (C=O) groups excluding carboxylic acids is 1. The summed E-state index contributed by atoms with van der Waals surface area (Å²) >= 11 is 3.11. The van der Waals surface area contributed by atoms with E-state index >= 15 is 0 Å². The van der Waals surface area contributed by atoms with Gasteiger partial charge in [0, 0.05) is 18.2 Å². The number of hydrogen-bond acceptors (Lipinski definition) is 2. The first-order chi connectivity index (χ1) is 8.20. The highest BCUT2D eigenvalue weighted by atomic mass is 79.9. The van der Waals surface area contributed by atoms with Crippen molar-refractivity contribution in [1.29, 1.82) is 0 Å². The molecule has 0 saturated carbocycles. The Hall–Kier alpha value is -1.24. The number of halogens is 4. The van der Waals surface area contributed by atoms with Gasteiger partial charge in [-0.3, -0.25) is 4.79 Å². The van der Waals surface area contributed by atoms with Gasteiger partial charge in [-0.1, -0.05) is 0 Å². The highest BCUT2D eigenvalue weighted by Crippen LogP contribution is 2.34. The highest BCUT2D eigenvalue weighted by molar-refractivity contribution is 9.10. The molecule has 1 N–H and O–H groups in total. The number of carbonyl (C=O) groups is 1. The maximum Gasteiger partial charge on any atom is 0.422 e. The number of nitrogens with one attached hydrogen (secondary N) is 1. The smallest absolute Gasteiger partial charge is 0.422 e. The first-order valence-corrected chi connectivity index (χ1v) is 5.76. The molecule has 3 nitrogen and oxygen atoms in total. The predicted octanol–water partition coefficient (Wildman–Crippen LogP) is 3.66. The van der Waals surface area contributed by atoms with Crippen molar-refractivity contribution in [3.63, 3.8) is 0 Å². The third-order valence-electron chi connectivity index (χ3n) is 2.05. The van der Waals surface area contributed by atoms with Crippen LogP contribution in [0.3, 0.4) is 0 Å². The summed E-state index contributed by atoms with van der Waals surface area (Å²) in [4.78, 5) is 10.9. The molecular formula is C11H11BrF3NO2. The highest BCUT2D eigenvalue weighted by Gasteiger charge is 2.29. The van der Waals surface area contributed by atoms with Crippen LogP contribution in [-0.4, -0.2) is 18.7 Å². The maximum absolute atomic E-state index is 12.1. The SMILES string of the molecule is CC(=O)Nc1ccc(Br)c(OCC(F)(F)F)c1C. The van der Waals surface area contributed by atoms with E-state index in [1.807, 2.05) is 0 Å². The second-order valence-corrected chi connectivity index (χ2v) is 4.49. The molecule has 1 aromatic carbocycles. The zero-order valence-corrected chi connectivity index (χ0v) is 11.3. The van der Waals surface area contributed by atoms with Gasteiger partial charge in [-0.25, -0.2) is 0 Å². The summed E-state index contributed by atoms with van der Waals surface area (Å²) in [5.41, 5.74) is 0.853. The number of hydrogen-bond donors (Lipinski definition) is 1. The quantitative estimate of drug-likeness (QED) is 0.921. The van der Waals surface area contributed by atoms with Crippen molar-refractivity contribution < 1.29 is 22.7 Å². The summed E-state index contributed by atoms with van der Waals surface area (Å²) < 4.78 is 41.4. The Morgan fingerprint density at radius 3 is 2.56 bits per heavy atom. The Labute approximate surface area is 110 Å². The van der Waals surface area contributed by atoms with Crippen LogP contribution in [0.2, 0.25) is 0 Å². The molecule has 0 unspecified atom stereocenters. The van der Waals surface area contributed by atoms with Crippen LogP contribution in [0.25, 0.3) is 0 Å². The topological polar surface area (TPSA) is 38.3 Å². The van der Waals surface area contributed by atoms with Crippen molar-refractivity contribution in [3.8, 4) is 5.75 Å². The summed E-state index contributed by atoms with van der Waals surface area (Å²) in [6.07, 6.45) is -4.41. The van der Waals surface area contributed by atoms with Crippen molar-refractivity contribution in [2.75, 3.05) is 11.9 Å². The fourth-order valence-corrected chi connectivity index (χ4v) is 1.86. The van der Waals surface area contributed by atoms with Crippen LogP contribution in [0, 0.1) is 6.92 Å². The number of rotatable bonds is 3. The molecule has 7 heteroatoms. The molecule has 1 rings (SSSR count). The van der Waals surface area contributed by atoms with Crippen LogP contribution in [0.15, 0.2) is 16.6 Å². The van der Waals surface area contributed by atoms with Crippen molar-refractivity contribution in [1.82, 2.24) is 0 Å². The molecule has 0 aliphatic heterocycles. The number of amides is 1. The van der Waals surface area contributed by atoms with Crippen LogP contribution < -0.4 is 10.1 Å². The maximum atomic E-state index is 12.1. The molecule has 100 valence electrons. The molecule has 0 fully saturated rings. The second kappa shape index (κ2) is 5.60. The summed E-state index contributed by atoms with van der Waals surface area (Å²) in [7, 11) is 0. The van der Waals surface area contributed by atoms with E-state index < -0.39 is 12.8 Å². The molecule has 0 aliphatic carbocycles. The van der Waals surface area contributed by atoms with E-state index in [1.165, 1.54) is 13.0 Å². The summed E-state index contributed by atoms with van der Waals surface area (Å²) in [5, 5.41) is 2.52. The third-order valence-corrected chi connectivity index (χ3v) is 2.67. The Bertz CT molecular complexity index is 460. The largest absolute Gasteiger partial charge is 0.483 e. The van der Waals surface area contributed by atoms with Gasteiger partial charge in [0.15, 0.2) is 6.61 Å². The van der Waals surface area contributed by atoms with E-state index in [0.717, 1.165) is 0 Å². The van der Waals surface area contributed by atoms with Crippen molar-refractivity contribution in [3.05, 3.63) is 22.2 Å². The zero-order chi connectivity index (χ0) is 13.9. The molecule has 0 spiro atoms. The fraction of sp³-hybridized carbons (Fsp3) is 0.364. The summed E-state index contributed by atoms with van der Waals surface area (Å²) in [6.45, 7) is 1.51. The Balaban J connectivity index is 2.99. The van der Waals surface area contributed by atoms with Crippen molar-refractivity contribution in [2.45, 2.75) is 20.0 Å². The van der Waals surface area contributed by atoms with E-state index in [2.05, 4.69) is 21.2 Å². The van der Waals surface area contributed by atoms with Crippen molar-refractivity contribution in [2.24, 2.45) is 0 Å². The van der Waals surface area contributed by atoms with Crippen molar-refractivity contribution >= 4 is 27.5 Å². The van der Waals surface area contributed by atoms with Crippen LogP contribution >= 0.6 is 15.9 Å². The Morgan fingerprint density at radius 1 is 1.44 bits per heavy atom. The average molecular weight is 326 g/mol. The van der Waals surface area contributed by atoms with E-state index in [1.54, 1.807) is 13.0 Å². The van der Waals surface area contributed by atoms with Gasteiger partial charge in [0.2, 0.25) is 5.91 Å². The normalized spacial score (nSPS) is 11.2. The standard InChI is InChI=1S/C11H11BrF3NO2/c1-6-9(16-7(2)17)4-3-8(12)10(6)18-5-11(13,14)15/h3-4H,5H2,1-2H3,(H,16,17). The monoisotopic (exact) mass is 325 g/mol. The van der Waals surface area contributed by atoms with Crippen LogP contribution in [-0.2, 0) is 4.79 Å². The summed E-state index contributed by atoms with van der Waals surface area (Å²) in [5.74, 6) is -0.235. The lowest BCUT2D eigenvalue weighted by Crippen LogP contribution is -2.20. The van der Waals surface area contributed by atoms with E-state index in [4.69, 9.17) is 4.74 Å². The molecule has 0 aromatic heterocycles. The number of anilines is 1. The van der Waals surface area contributed by atoms with Gasteiger partial charge >= 0.3 is 6.18 Å². The number of alkyl halides is 3. The third kappa shape index (κ3) is 4.21.